The Morgan fingerprint density at radius 3 is 1.90 bits per heavy atom. The van der Waals surface area contributed by atoms with Crippen molar-refractivity contribution in [1.82, 2.24) is 0 Å². The van der Waals surface area contributed by atoms with Crippen LogP contribution < -0.4 is 0 Å². The third kappa shape index (κ3) is 3.50. The maximum atomic E-state index is 12.3. The van der Waals surface area contributed by atoms with Gasteiger partial charge < -0.3 is 9.47 Å². The first-order valence-electron chi connectivity index (χ1n) is 7.04. The number of carbonyl (C=O) groups excluding carboxylic acids is 2. The zero-order valence-corrected chi connectivity index (χ0v) is 13.2. The van der Waals surface area contributed by atoms with Crippen molar-refractivity contribution in [2.75, 3.05) is 13.2 Å². The Bertz CT molecular complexity index is 384. The molecule has 0 aliphatic heterocycles. The van der Waals surface area contributed by atoms with Crippen molar-refractivity contribution in [3.05, 3.63) is 0 Å². The molecule has 0 spiro atoms. The van der Waals surface area contributed by atoms with Gasteiger partial charge in [0.2, 0.25) is 0 Å². The highest BCUT2D eigenvalue weighted by atomic mass is 16.5. The summed E-state index contributed by atoms with van der Waals surface area (Å²) in [4.78, 5) is 24.6. The quantitative estimate of drug-likeness (QED) is 0.671. The Hall–Kier alpha value is -1.57. The van der Waals surface area contributed by atoms with E-state index in [2.05, 4.69) is 0 Å². The Morgan fingerprint density at radius 1 is 1.10 bits per heavy atom. The molecule has 0 aliphatic carbocycles. The Kier molecular flexibility index (Phi) is 7.26. The molecular formula is C15H25NO4. The molecule has 114 valence electrons. The van der Waals surface area contributed by atoms with Gasteiger partial charge in [0, 0.05) is 0 Å². The van der Waals surface area contributed by atoms with E-state index >= 15 is 0 Å². The summed E-state index contributed by atoms with van der Waals surface area (Å²) in [6.45, 7) is 10.8. The van der Waals surface area contributed by atoms with Crippen LogP contribution in [0.5, 0.6) is 0 Å². The van der Waals surface area contributed by atoms with Gasteiger partial charge in [-0.2, -0.15) is 5.26 Å². The van der Waals surface area contributed by atoms with Crippen LogP contribution in [-0.2, 0) is 19.1 Å². The fourth-order valence-corrected chi connectivity index (χ4v) is 2.43. The van der Waals surface area contributed by atoms with Crippen LogP contribution in [0.1, 0.15) is 41.5 Å². The first-order chi connectivity index (χ1) is 9.29. The summed E-state index contributed by atoms with van der Waals surface area (Å²) >= 11 is 0. The average molecular weight is 283 g/mol. The second-order valence-electron chi connectivity index (χ2n) is 5.33. The van der Waals surface area contributed by atoms with Gasteiger partial charge in [0.1, 0.15) is 0 Å². The summed E-state index contributed by atoms with van der Waals surface area (Å²) in [5.74, 6) is -2.58. The highest BCUT2D eigenvalue weighted by Gasteiger charge is 2.55. The number of nitriles is 1. The molecule has 0 N–H and O–H groups in total. The van der Waals surface area contributed by atoms with Crippen LogP contribution in [0.4, 0.5) is 0 Å². The third-order valence-electron chi connectivity index (χ3n) is 3.41. The molecule has 2 atom stereocenters. The summed E-state index contributed by atoms with van der Waals surface area (Å²) in [7, 11) is 0. The summed E-state index contributed by atoms with van der Waals surface area (Å²) in [5.41, 5.74) is -1.52. The molecule has 0 aromatic rings. The van der Waals surface area contributed by atoms with Gasteiger partial charge in [-0.1, -0.05) is 27.7 Å². The summed E-state index contributed by atoms with van der Waals surface area (Å²) in [6.07, 6.45) is 0. The van der Waals surface area contributed by atoms with Crippen LogP contribution in [-0.4, -0.2) is 25.2 Å². The molecule has 20 heavy (non-hydrogen) atoms. The maximum absolute atomic E-state index is 12.3. The standard InChI is InChI=1S/C15H25NO4/c1-7-19-13(17)12(10(3)4)15(9-16,11(5)6)14(18)20-8-2/h10-12H,7-8H2,1-6H3/t12-,15-/m0/s1. The molecule has 0 radical (unpaired) electrons. The van der Waals surface area contributed by atoms with Gasteiger partial charge in [0.05, 0.1) is 25.2 Å². The van der Waals surface area contributed by atoms with Crippen LogP contribution in [0, 0.1) is 34.5 Å². The molecule has 5 nitrogen and oxygen atoms in total. The number of carbonyl (C=O) groups is 2. The van der Waals surface area contributed by atoms with E-state index < -0.39 is 23.3 Å². The van der Waals surface area contributed by atoms with E-state index in [1.807, 2.05) is 6.07 Å². The van der Waals surface area contributed by atoms with E-state index in [0.29, 0.717) is 0 Å². The predicted molar refractivity (Wildman–Crippen MR) is 74.5 cm³/mol. The Balaban J connectivity index is 5.85. The van der Waals surface area contributed by atoms with Crippen LogP contribution >= 0.6 is 0 Å². The predicted octanol–water partition coefficient (Wildman–Crippen LogP) is 2.55. The lowest BCUT2D eigenvalue weighted by Crippen LogP contribution is -2.49. The highest BCUT2D eigenvalue weighted by molar-refractivity contribution is 5.88. The van der Waals surface area contributed by atoms with Crippen molar-refractivity contribution in [3.63, 3.8) is 0 Å². The van der Waals surface area contributed by atoms with E-state index in [4.69, 9.17) is 9.47 Å². The van der Waals surface area contributed by atoms with Crippen LogP contribution in [0.15, 0.2) is 0 Å². The molecular weight excluding hydrogens is 258 g/mol. The minimum Gasteiger partial charge on any atom is -0.466 e. The molecule has 0 saturated carbocycles. The second kappa shape index (κ2) is 7.88. The first-order valence-corrected chi connectivity index (χ1v) is 7.04. The van der Waals surface area contributed by atoms with Gasteiger partial charge in [-0.3, -0.25) is 9.59 Å². The van der Waals surface area contributed by atoms with E-state index in [1.165, 1.54) is 0 Å². The smallest absolute Gasteiger partial charge is 0.327 e. The molecule has 0 bridgehead atoms. The first kappa shape index (κ1) is 18.4. The van der Waals surface area contributed by atoms with Crippen LogP contribution in [0.2, 0.25) is 0 Å². The maximum Gasteiger partial charge on any atom is 0.327 e. The monoisotopic (exact) mass is 283 g/mol. The van der Waals surface area contributed by atoms with Gasteiger partial charge in [-0.25, -0.2) is 0 Å². The lowest BCUT2D eigenvalue weighted by Gasteiger charge is -2.36. The Morgan fingerprint density at radius 2 is 1.60 bits per heavy atom. The average Bonchev–Trinajstić information content (AvgIpc) is 2.34. The van der Waals surface area contributed by atoms with Gasteiger partial charge in [-0.15, -0.1) is 0 Å². The zero-order valence-electron chi connectivity index (χ0n) is 13.2. The van der Waals surface area contributed by atoms with Crippen molar-refractivity contribution in [3.8, 4) is 6.07 Å². The molecule has 0 amide bonds. The number of hydrogen-bond donors (Lipinski definition) is 0. The highest BCUT2D eigenvalue weighted by Crippen LogP contribution is 2.41. The normalized spacial score (nSPS) is 15.3. The Labute approximate surface area is 121 Å². The SMILES string of the molecule is CCOC(=O)[C@H](C(C)C)[C@@](C#N)(C(=O)OCC)C(C)C. The topological polar surface area (TPSA) is 76.4 Å². The molecule has 0 unspecified atom stereocenters. The fourth-order valence-electron chi connectivity index (χ4n) is 2.43. The molecule has 0 aromatic carbocycles. The number of ether oxygens (including phenoxy) is 2. The van der Waals surface area contributed by atoms with Crippen molar-refractivity contribution in [2.24, 2.45) is 23.2 Å². The lowest BCUT2D eigenvalue weighted by molar-refractivity contribution is -0.170. The summed E-state index contributed by atoms with van der Waals surface area (Å²) < 4.78 is 10.1. The van der Waals surface area contributed by atoms with Crippen LogP contribution in [0.25, 0.3) is 0 Å². The van der Waals surface area contributed by atoms with Crippen molar-refractivity contribution in [1.29, 1.82) is 5.26 Å². The molecule has 0 heterocycles. The number of nitrogens with zero attached hydrogens (tertiary/aromatic N) is 1. The summed E-state index contributed by atoms with van der Waals surface area (Å²) in [5, 5.41) is 9.62. The van der Waals surface area contributed by atoms with E-state index in [1.54, 1.807) is 41.5 Å². The fraction of sp³-hybridized carbons (Fsp3) is 0.800. The van der Waals surface area contributed by atoms with Gasteiger partial charge >= 0.3 is 11.9 Å². The van der Waals surface area contributed by atoms with Crippen LogP contribution in [0.3, 0.4) is 0 Å². The summed E-state index contributed by atoms with van der Waals surface area (Å²) in [6, 6.07) is 2.04. The largest absolute Gasteiger partial charge is 0.466 e. The molecule has 5 heteroatoms. The zero-order chi connectivity index (χ0) is 15.9. The van der Waals surface area contributed by atoms with Gasteiger partial charge in [0.15, 0.2) is 5.41 Å². The van der Waals surface area contributed by atoms with E-state index in [0.717, 1.165) is 0 Å². The van der Waals surface area contributed by atoms with Gasteiger partial charge in [0.25, 0.3) is 0 Å². The lowest BCUT2D eigenvalue weighted by atomic mass is 9.64. The van der Waals surface area contributed by atoms with Crippen molar-refractivity contribution < 1.29 is 19.1 Å². The van der Waals surface area contributed by atoms with E-state index in [9.17, 15) is 14.9 Å². The third-order valence-corrected chi connectivity index (χ3v) is 3.41. The molecule has 0 aliphatic rings. The number of rotatable bonds is 7. The van der Waals surface area contributed by atoms with Crippen molar-refractivity contribution >= 4 is 11.9 Å². The molecule has 0 aromatic heterocycles. The van der Waals surface area contributed by atoms with Gasteiger partial charge in [-0.05, 0) is 25.7 Å². The minimum atomic E-state index is -1.52. The second-order valence-corrected chi connectivity index (χ2v) is 5.33. The molecule has 0 saturated heterocycles. The number of hydrogen-bond acceptors (Lipinski definition) is 5. The molecule has 0 rings (SSSR count). The minimum absolute atomic E-state index is 0.169. The van der Waals surface area contributed by atoms with E-state index in [-0.39, 0.29) is 25.0 Å². The van der Waals surface area contributed by atoms with Crippen molar-refractivity contribution in [2.45, 2.75) is 41.5 Å². The number of esters is 2. The molecule has 0 fully saturated rings.